The van der Waals surface area contributed by atoms with Crippen LogP contribution in [-0.2, 0) is 19.2 Å². The summed E-state index contributed by atoms with van der Waals surface area (Å²) in [6.45, 7) is 8.62. The summed E-state index contributed by atoms with van der Waals surface area (Å²) < 4.78 is 5.34. The van der Waals surface area contributed by atoms with Gasteiger partial charge in [0.15, 0.2) is 0 Å². The molecule has 1 aliphatic rings. The minimum atomic E-state index is -0.970. The van der Waals surface area contributed by atoms with Crippen LogP contribution in [0.1, 0.15) is 47.0 Å². The summed E-state index contributed by atoms with van der Waals surface area (Å²) in [5.41, 5.74) is 2.36. The second-order valence-electron chi connectivity index (χ2n) is 5.66. The Bertz CT molecular complexity index is 317. The molecule has 0 radical (unpaired) electrons. The van der Waals surface area contributed by atoms with Gasteiger partial charge >= 0.3 is 11.9 Å². The Morgan fingerprint density at radius 2 is 1.95 bits per heavy atom. The molecule has 0 aliphatic heterocycles. The average Bonchev–Trinajstić information content (AvgIpc) is 2.35. The lowest BCUT2D eigenvalue weighted by atomic mass is 9.75. The van der Waals surface area contributed by atoms with Crippen molar-refractivity contribution < 1.29 is 19.2 Å². The van der Waals surface area contributed by atoms with Crippen LogP contribution < -0.4 is 5.48 Å². The fourth-order valence-electron chi connectivity index (χ4n) is 2.62. The molecule has 0 amide bonds. The lowest BCUT2D eigenvalue weighted by molar-refractivity contribution is -0.179. The van der Waals surface area contributed by atoms with Crippen LogP contribution in [0.2, 0.25) is 0 Å². The molecule has 0 heterocycles. The van der Waals surface area contributed by atoms with Crippen molar-refractivity contribution in [2.24, 2.45) is 17.8 Å². The summed E-state index contributed by atoms with van der Waals surface area (Å²) in [5.74, 6) is -0.576. The van der Waals surface area contributed by atoms with Gasteiger partial charge in [0.2, 0.25) is 0 Å². The molecule has 0 aromatic rings. The van der Waals surface area contributed by atoms with E-state index in [1.165, 1.54) is 0 Å². The highest BCUT2D eigenvalue weighted by Crippen LogP contribution is 2.35. The Kier molecular flexibility index (Phi) is 6.28. The van der Waals surface area contributed by atoms with Gasteiger partial charge in [-0.25, -0.2) is 9.59 Å². The van der Waals surface area contributed by atoms with Gasteiger partial charge in [-0.05, 0) is 37.5 Å². The standard InChI is InChI=1S/C14H25NO4/c1-5-15-19-14(17)13(16)18-12-8-10(4)6-7-11(12)9(2)3/h9-12,15H,5-8H2,1-4H3. The molecule has 110 valence electrons. The van der Waals surface area contributed by atoms with Crippen LogP contribution in [0.5, 0.6) is 0 Å². The molecule has 1 aliphatic carbocycles. The number of nitrogens with one attached hydrogen (secondary N) is 1. The van der Waals surface area contributed by atoms with E-state index in [9.17, 15) is 9.59 Å². The predicted molar refractivity (Wildman–Crippen MR) is 71.0 cm³/mol. The highest BCUT2D eigenvalue weighted by Gasteiger charge is 2.35. The average molecular weight is 271 g/mol. The van der Waals surface area contributed by atoms with Crippen molar-refractivity contribution in [3.8, 4) is 0 Å². The molecule has 0 spiro atoms. The van der Waals surface area contributed by atoms with Gasteiger partial charge in [-0.1, -0.05) is 27.2 Å². The third kappa shape index (κ3) is 4.82. The van der Waals surface area contributed by atoms with E-state index in [0.717, 1.165) is 19.3 Å². The van der Waals surface area contributed by atoms with Gasteiger partial charge in [-0.3, -0.25) is 0 Å². The second kappa shape index (κ2) is 7.48. The van der Waals surface area contributed by atoms with E-state index >= 15 is 0 Å². The van der Waals surface area contributed by atoms with Crippen molar-refractivity contribution in [3.63, 3.8) is 0 Å². The molecule has 1 saturated carbocycles. The predicted octanol–water partition coefficient (Wildman–Crippen LogP) is 2.06. The Morgan fingerprint density at radius 3 is 2.53 bits per heavy atom. The van der Waals surface area contributed by atoms with Crippen LogP contribution in [0.3, 0.4) is 0 Å². The number of hydroxylamine groups is 1. The minimum absolute atomic E-state index is 0.176. The van der Waals surface area contributed by atoms with Crippen molar-refractivity contribution in [2.45, 2.75) is 53.1 Å². The number of carbonyl (C=O) groups is 2. The van der Waals surface area contributed by atoms with Crippen molar-refractivity contribution in [1.82, 2.24) is 5.48 Å². The van der Waals surface area contributed by atoms with Gasteiger partial charge in [0.25, 0.3) is 0 Å². The van der Waals surface area contributed by atoms with Crippen LogP contribution >= 0.6 is 0 Å². The highest BCUT2D eigenvalue weighted by atomic mass is 16.7. The number of ether oxygens (including phenoxy) is 1. The molecule has 1 N–H and O–H groups in total. The van der Waals surface area contributed by atoms with Crippen LogP contribution in [-0.4, -0.2) is 24.6 Å². The van der Waals surface area contributed by atoms with E-state index in [2.05, 4.69) is 31.1 Å². The van der Waals surface area contributed by atoms with Crippen LogP contribution in [0.25, 0.3) is 0 Å². The van der Waals surface area contributed by atoms with Crippen LogP contribution in [0, 0.1) is 17.8 Å². The minimum Gasteiger partial charge on any atom is -0.454 e. The third-order valence-corrected chi connectivity index (χ3v) is 3.70. The molecule has 3 unspecified atom stereocenters. The third-order valence-electron chi connectivity index (χ3n) is 3.70. The first-order chi connectivity index (χ1) is 8.95. The summed E-state index contributed by atoms with van der Waals surface area (Å²) in [7, 11) is 0. The smallest absolute Gasteiger partial charge is 0.436 e. The fraction of sp³-hybridized carbons (Fsp3) is 0.857. The maximum Gasteiger partial charge on any atom is 0.436 e. The molecular formula is C14H25NO4. The summed E-state index contributed by atoms with van der Waals surface area (Å²) in [6.07, 6.45) is 2.84. The van der Waals surface area contributed by atoms with Gasteiger partial charge < -0.3 is 9.57 Å². The number of hydrogen-bond donors (Lipinski definition) is 1. The lowest BCUT2D eigenvalue weighted by Gasteiger charge is -2.36. The zero-order valence-electron chi connectivity index (χ0n) is 12.3. The molecule has 0 bridgehead atoms. The lowest BCUT2D eigenvalue weighted by Crippen LogP contribution is -2.38. The number of carbonyl (C=O) groups excluding carboxylic acids is 2. The quantitative estimate of drug-likeness (QED) is 0.481. The molecule has 0 aromatic heterocycles. The van der Waals surface area contributed by atoms with E-state index in [1.807, 2.05) is 0 Å². The molecule has 3 atom stereocenters. The summed E-state index contributed by atoms with van der Waals surface area (Å²) in [4.78, 5) is 27.6. The van der Waals surface area contributed by atoms with E-state index in [0.29, 0.717) is 24.3 Å². The van der Waals surface area contributed by atoms with E-state index < -0.39 is 11.9 Å². The number of esters is 1. The summed E-state index contributed by atoms with van der Waals surface area (Å²) >= 11 is 0. The van der Waals surface area contributed by atoms with E-state index in [-0.39, 0.29) is 6.10 Å². The van der Waals surface area contributed by atoms with Crippen molar-refractivity contribution in [2.75, 3.05) is 6.54 Å². The summed E-state index contributed by atoms with van der Waals surface area (Å²) in [5, 5.41) is 0. The Balaban J connectivity index is 2.55. The molecular weight excluding hydrogens is 246 g/mol. The fourth-order valence-corrected chi connectivity index (χ4v) is 2.62. The first-order valence-corrected chi connectivity index (χ1v) is 7.10. The molecule has 0 aromatic carbocycles. The SMILES string of the molecule is CCNOC(=O)C(=O)OC1CC(C)CCC1C(C)C. The Hall–Kier alpha value is -1.10. The Labute approximate surface area is 115 Å². The van der Waals surface area contributed by atoms with Crippen molar-refractivity contribution in [3.05, 3.63) is 0 Å². The van der Waals surface area contributed by atoms with Gasteiger partial charge in [0, 0.05) is 6.54 Å². The largest absolute Gasteiger partial charge is 0.454 e. The zero-order valence-corrected chi connectivity index (χ0v) is 12.3. The first-order valence-electron chi connectivity index (χ1n) is 7.10. The number of rotatable bonds is 4. The maximum atomic E-state index is 11.7. The topological polar surface area (TPSA) is 64.6 Å². The number of hydrogen-bond acceptors (Lipinski definition) is 5. The molecule has 19 heavy (non-hydrogen) atoms. The van der Waals surface area contributed by atoms with Crippen LogP contribution in [0.15, 0.2) is 0 Å². The Morgan fingerprint density at radius 1 is 1.26 bits per heavy atom. The van der Waals surface area contributed by atoms with Crippen LogP contribution in [0.4, 0.5) is 0 Å². The first kappa shape index (κ1) is 16.0. The highest BCUT2D eigenvalue weighted by molar-refractivity contribution is 6.29. The van der Waals surface area contributed by atoms with Gasteiger partial charge in [-0.15, -0.1) is 0 Å². The van der Waals surface area contributed by atoms with Crippen molar-refractivity contribution >= 4 is 11.9 Å². The monoisotopic (exact) mass is 271 g/mol. The molecule has 1 rings (SSSR count). The summed E-state index contributed by atoms with van der Waals surface area (Å²) in [6, 6.07) is 0. The van der Waals surface area contributed by atoms with Gasteiger partial charge in [0.05, 0.1) is 0 Å². The molecule has 0 saturated heterocycles. The molecule has 1 fully saturated rings. The molecule has 5 nitrogen and oxygen atoms in total. The van der Waals surface area contributed by atoms with Gasteiger partial charge in [0.1, 0.15) is 6.10 Å². The zero-order chi connectivity index (χ0) is 14.4. The second-order valence-corrected chi connectivity index (χ2v) is 5.66. The van der Waals surface area contributed by atoms with Crippen molar-refractivity contribution in [1.29, 1.82) is 0 Å². The normalized spacial score (nSPS) is 27.1. The molecule has 5 heteroatoms. The maximum absolute atomic E-state index is 11.7. The van der Waals surface area contributed by atoms with E-state index in [4.69, 9.17) is 4.74 Å². The van der Waals surface area contributed by atoms with E-state index in [1.54, 1.807) is 6.92 Å². The van der Waals surface area contributed by atoms with Gasteiger partial charge in [-0.2, -0.15) is 5.48 Å².